The van der Waals surface area contributed by atoms with Gasteiger partial charge in [-0.05, 0) is 85.8 Å². The van der Waals surface area contributed by atoms with E-state index < -0.39 is 11.7 Å². The summed E-state index contributed by atoms with van der Waals surface area (Å²) in [6.45, 7) is 11.4. The van der Waals surface area contributed by atoms with Gasteiger partial charge >= 0.3 is 6.18 Å². The van der Waals surface area contributed by atoms with Crippen LogP contribution in [0.2, 0.25) is 0 Å². The fourth-order valence-electron chi connectivity index (χ4n) is 5.72. The predicted octanol–water partition coefficient (Wildman–Crippen LogP) is 7.41. The highest BCUT2D eigenvalue weighted by molar-refractivity contribution is 5.76. The van der Waals surface area contributed by atoms with Crippen LogP contribution in [-0.2, 0) is 16.4 Å². The summed E-state index contributed by atoms with van der Waals surface area (Å²) < 4.78 is 39.7. The molecule has 2 fully saturated rings. The Morgan fingerprint density at radius 3 is 2.13 bits per heavy atom. The number of alkyl halides is 3. The maximum absolute atomic E-state index is 13.2. The van der Waals surface area contributed by atoms with E-state index in [4.69, 9.17) is 0 Å². The van der Waals surface area contributed by atoms with Gasteiger partial charge in [0, 0.05) is 50.0 Å². The van der Waals surface area contributed by atoms with Crippen molar-refractivity contribution < 1.29 is 18.0 Å². The standard InChI is InChI=1S/C31H42F3N3O/c1-22-5-11-26(21-28(22)31(32,33)34)35-25-12-6-23(7-13-25)8-16-29(38)37-19-17-36(18-20-37)27-14-9-24(10-15-27)30(2,3)4/h5,9-11,14-15,21,23,25,35H,6-8,12-13,16-20H2,1-4H3. The van der Waals surface area contributed by atoms with E-state index in [0.717, 1.165) is 58.3 Å². The van der Waals surface area contributed by atoms with Crippen LogP contribution in [0.15, 0.2) is 42.5 Å². The highest BCUT2D eigenvalue weighted by Gasteiger charge is 2.33. The third kappa shape index (κ3) is 7.23. The molecule has 0 bridgehead atoms. The summed E-state index contributed by atoms with van der Waals surface area (Å²) in [6.07, 6.45) is 0.971. The molecule has 4 nitrogen and oxygen atoms in total. The van der Waals surface area contributed by atoms with E-state index in [2.05, 4.69) is 55.3 Å². The molecular formula is C31H42F3N3O. The molecule has 1 saturated carbocycles. The van der Waals surface area contributed by atoms with Crippen molar-refractivity contribution in [2.45, 2.75) is 83.9 Å². The first-order chi connectivity index (χ1) is 17.9. The van der Waals surface area contributed by atoms with E-state index in [1.165, 1.54) is 30.3 Å². The lowest BCUT2D eigenvalue weighted by Crippen LogP contribution is -2.48. The van der Waals surface area contributed by atoms with Gasteiger partial charge in [0.15, 0.2) is 0 Å². The monoisotopic (exact) mass is 529 g/mol. The van der Waals surface area contributed by atoms with Crippen LogP contribution in [0.3, 0.4) is 0 Å². The van der Waals surface area contributed by atoms with Gasteiger partial charge in [-0.15, -0.1) is 0 Å². The van der Waals surface area contributed by atoms with Gasteiger partial charge in [-0.25, -0.2) is 0 Å². The zero-order valence-electron chi connectivity index (χ0n) is 23.2. The first kappa shape index (κ1) is 28.3. The molecule has 1 saturated heterocycles. The molecule has 7 heteroatoms. The number of halogens is 3. The number of hydrogen-bond donors (Lipinski definition) is 1. The van der Waals surface area contributed by atoms with Crippen molar-refractivity contribution in [1.82, 2.24) is 4.90 Å². The molecule has 1 aliphatic heterocycles. The van der Waals surface area contributed by atoms with E-state index in [-0.39, 0.29) is 22.9 Å². The second kappa shape index (κ2) is 11.6. The molecule has 0 aromatic heterocycles. The number of anilines is 2. The Morgan fingerprint density at radius 1 is 0.921 bits per heavy atom. The average molecular weight is 530 g/mol. The van der Waals surface area contributed by atoms with Crippen molar-refractivity contribution in [2.24, 2.45) is 5.92 Å². The fraction of sp³-hybridized carbons (Fsp3) is 0.581. The highest BCUT2D eigenvalue weighted by Crippen LogP contribution is 2.35. The number of rotatable bonds is 6. The third-order valence-electron chi connectivity index (χ3n) is 8.26. The maximum atomic E-state index is 13.2. The van der Waals surface area contributed by atoms with Crippen LogP contribution >= 0.6 is 0 Å². The Hall–Kier alpha value is -2.70. The molecule has 4 rings (SSSR count). The number of aryl methyl sites for hydroxylation is 1. The van der Waals surface area contributed by atoms with E-state index in [1.54, 1.807) is 6.07 Å². The van der Waals surface area contributed by atoms with Crippen molar-refractivity contribution in [3.05, 3.63) is 59.2 Å². The normalized spacial score (nSPS) is 20.9. The number of benzene rings is 2. The van der Waals surface area contributed by atoms with Crippen molar-refractivity contribution in [1.29, 1.82) is 0 Å². The molecule has 0 unspecified atom stereocenters. The van der Waals surface area contributed by atoms with Crippen molar-refractivity contribution in [3.63, 3.8) is 0 Å². The molecule has 2 aliphatic rings. The van der Waals surface area contributed by atoms with Crippen LogP contribution in [0.25, 0.3) is 0 Å². The molecule has 1 aliphatic carbocycles. The Balaban J connectivity index is 1.17. The maximum Gasteiger partial charge on any atom is 0.416 e. The van der Waals surface area contributed by atoms with Gasteiger partial charge in [0.2, 0.25) is 5.91 Å². The molecule has 2 aromatic rings. The van der Waals surface area contributed by atoms with Gasteiger partial charge < -0.3 is 15.1 Å². The van der Waals surface area contributed by atoms with E-state index >= 15 is 0 Å². The van der Waals surface area contributed by atoms with Gasteiger partial charge in [-0.2, -0.15) is 13.2 Å². The Kier molecular flexibility index (Phi) is 8.63. The number of nitrogens with one attached hydrogen (secondary N) is 1. The van der Waals surface area contributed by atoms with Gasteiger partial charge in [-0.3, -0.25) is 4.79 Å². The van der Waals surface area contributed by atoms with Crippen LogP contribution in [0.5, 0.6) is 0 Å². The number of amides is 1. The molecule has 1 heterocycles. The van der Waals surface area contributed by atoms with Crippen molar-refractivity contribution in [2.75, 3.05) is 36.4 Å². The lowest BCUT2D eigenvalue weighted by Gasteiger charge is -2.37. The number of carbonyl (C=O) groups excluding carboxylic acids is 1. The molecule has 0 radical (unpaired) electrons. The van der Waals surface area contributed by atoms with Crippen LogP contribution in [0, 0.1) is 12.8 Å². The predicted molar refractivity (Wildman–Crippen MR) is 149 cm³/mol. The zero-order valence-corrected chi connectivity index (χ0v) is 23.2. The average Bonchev–Trinajstić information content (AvgIpc) is 2.88. The number of hydrogen-bond acceptors (Lipinski definition) is 3. The van der Waals surface area contributed by atoms with Crippen LogP contribution in [0.1, 0.15) is 76.0 Å². The topological polar surface area (TPSA) is 35.6 Å². The Labute approximate surface area is 225 Å². The molecule has 38 heavy (non-hydrogen) atoms. The van der Waals surface area contributed by atoms with Gasteiger partial charge in [0.1, 0.15) is 0 Å². The van der Waals surface area contributed by atoms with E-state index in [9.17, 15) is 18.0 Å². The van der Waals surface area contributed by atoms with E-state index in [0.29, 0.717) is 18.0 Å². The minimum Gasteiger partial charge on any atom is -0.382 e. The molecule has 2 aromatic carbocycles. The molecule has 0 atom stereocenters. The summed E-state index contributed by atoms with van der Waals surface area (Å²) in [7, 11) is 0. The van der Waals surface area contributed by atoms with Crippen LogP contribution < -0.4 is 10.2 Å². The largest absolute Gasteiger partial charge is 0.416 e. The summed E-state index contributed by atoms with van der Waals surface area (Å²) in [4.78, 5) is 17.2. The Bertz CT molecular complexity index is 1080. The van der Waals surface area contributed by atoms with Crippen LogP contribution in [-0.4, -0.2) is 43.0 Å². The molecule has 1 amide bonds. The summed E-state index contributed by atoms with van der Waals surface area (Å²) in [5, 5.41) is 3.31. The number of nitrogens with zero attached hydrogens (tertiary/aromatic N) is 2. The number of carbonyl (C=O) groups is 1. The highest BCUT2D eigenvalue weighted by atomic mass is 19.4. The Morgan fingerprint density at radius 2 is 1.55 bits per heavy atom. The number of piperazine rings is 1. The second-order valence-corrected chi connectivity index (χ2v) is 12.1. The lowest BCUT2D eigenvalue weighted by atomic mass is 9.83. The first-order valence-electron chi connectivity index (χ1n) is 14.0. The van der Waals surface area contributed by atoms with Crippen molar-refractivity contribution >= 4 is 17.3 Å². The zero-order chi connectivity index (χ0) is 27.5. The minimum atomic E-state index is -4.34. The molecule has 1 N–H and O–H groups in total. The van der Waals surface area contributed by atoms with Crippen LogP contribution in [0.4, 0.5) is 24.5 Å². The summed E-state index contributed by atoms with van der Waals surface area (Å²) in [5.41, 5.74) is 2.88. The first-order valence-corrected chi connectivity index (χ1v) is 14.0. The summed E-state index contributed by atoms with van der Waals surface area (Å²) in [6, 6.07) is 13.5. The van der Waals surface area contributed by atoms with Gasteiger partial charge in [-0.1, -0.05) is 39.0 Å². The lowest BCUT2D eigenvalue weighted by molar-refractivity contribution is -0.138. The molecular weight excluding hydrogens is 487 g/mol. The smallest absolute Gasteiger partial charge is 0.382 e. The SMILES string of the molecule is Cc1ccc(NC2CCC(CCC(=O)N3CCN(c4ccc(C(C)(C)C)cc4)CC3)CC2)cc1C(F)(F)F. The van der Waals surface area contributed by atoms with Gasteiger partial charge in [0.05, 0.1) is 5.56 Å². The summed E-state index contributed by atoms with van der Waals surface area (Å²) >= 11 is 0. The second-order valence-electron chi connectivity index (χ2n) is 12.1. The molecule has 0 spiro atoms. The summed E-state index contributed by atoms with van der Waals surface area (Å²) in [5.74, 6) is 0.746. The third-order valence-corrected chi connectivity index (χ3v) is 8.26. The van der Waals surface area contributed by atoms with Gasteiger partial charge in [0.25, 0.3) is 0 Å². The fourth-order valence-corrected chi connectivity index (χ4v) is 5.72. The molecule has 208 valence electrons. The van der Waals surface area contributed by atoms with E-state index in [1.807, 2.05) is 4.90 Å². The minimum absolute atomic E-state index is 0.140. The van der Waals surface area contributed by atoms with Crippen molar-refractivity contribution in [3.8, 4) is 0 Å². The quantitative estimate of drug-likeness (QED) is 0.423.